The number of aliphatic hydroxyl groups is 1. The van der Waals surface area contributed by atoms with E-state index in [0.717, 1.165) is 76.1 Å². The topological polar surface area (TPSA) is 142 Å². The van der Waals surface area contributed by atoms with Gasteiger partial charge in [-0.15, -0.1) is 0 Å². The van der Waals surface area contributed by atoms with Gasteiger partial charge in [-0.1, -0.05) is 24.3 Å². The molecule has 4 bridgehead atoms. The third-order valence-corrected chi connectivity index (χ3v) is 9.55. The van der Waals surface area contributed by atoms with Crippen LogP contribution in [0.15, 0.2) is 24.3 Å². The lowest BCUT2D eigenvalue weighted by Crippen LogP contribution is -2.58. The first-order valence-corrected chi connectivity index (χ1v) is 14.5. The Morgan fingerprint density at radius 3 is 1.95 bits per heavy atom. The van der Waals surface area contributed by atoms with Gasteiger partial charge in [0, 0.05) is 25.4 Å². The number of carbonyl (C=O) groups excluding carboxylic acids is 1. The van der Waals surface area contributed by atoms with Crippen molar-refractivity contribution in [3.8, 4) is 0 Å². The number of piperidine rings is 6. The van der Waals surface area contributed by atoms with Crippen molar-refractivity contribution in [1.29, 1.82) is 0 Å². The minimum absolute atomic E-state index is 0.0130. The average molecular weight is 543 g/mol. The Bertz CT molecular complexity index is 1020. The first-order chi connectivity index (χ1) is 18.7. The zero-order valence-electron chi connectivity index (χ0n) is 22.5. The molecule has 6 aliphatic heterocycles. The van der Waals surface area contributed by atoms with Crippen molar-refractivity contribution in [2.24, 2.45) is 23.7 Å². The highest BCUT2D eigenvalue weighted by Crippen LogP contribution is 2.35. The number of nitrogens with zero attached hydrogens (tertiary/aromatic N) is 2. The molecule has 1 amide bonds. The molecule has 0 spiro atoms. The van der Waals surface area contributed by atoms with E-state index in [1.807, 2.05) is 12.1 Å². The summed E-state index contributed by atoms with van der Waals surface area (Å²) in [6.45, 7) is 5.90. The Hall–Kier alpha value is -2.53. The number of amides is 1. The first kappa shape index (κ1) is 28.0. The predicted molar refractivity (Wildman–Crippen MR) is 144 cm³/mol. The lowest BCUT2D eigenvalue weighted by atomic mass is 9.75. The molecule has 0 radical (unpaired) electrons. The molecule has 6 aliphatic rings. The van der Waals surface area contributed by atoms with Crippen molar-refractivity contribution in [1.82, 2.24) is 20.4 Å². The SMILES string of the molecule is O=C(Cc1ccc(CC(O)NC(C(=O)O)[C@H]2CN3CCC2CC3)cc1)NC(C[C@H]1CN2CCC1CC2)C(=O)O. The van der Waals surface area contributed by atoms with Crippen LogP contribution in [0.25, 0.3) is 0 Å². The molecule has 6 fully saturated rings. The molecule has 1 aromatic rings. The quantitative estimate of drug-likeness (QED) is 0.242. The summed E-state index contributed by atoms with van der Waals surface area (Å²) in [5.74, 6) is -1.03. The monoisotopic (exact) mass is 542 g/mol. The molecule has 5 atom stereocenters. The molecule has 3 unspecified atom stereocenters. The van der Waals surface area contributed by atoms with Crippen LogP contribution in [-0.4, -0.2) is 101 Å². The van der Waals surface area contributed by atoms with Crippen LogP contribution in [-0.2, 0) is 27.2 Å². The number of carbonyl (C=O) groups is 3. The molecule has 214 valence electrons. The molecule has 39 heavy (non-hydrogen) atoms. The van der Waals surface area contributed by atoms with Crippen molar-refractivity contribution in [2.75, 3.05) is 39.3 Å². The van der Waals surface area contributed by atoms with Crippen molar-refractivity contribution >= 4 is 17.8 Å². The number of carboxylic acid groups (broad SMARTS) is 2. The number of rotatable bonds is 12. The maximum absolute atomic E-state index is 12.7. The lowest BCUT2D eigenvalue weighted by Gasteiger charge is -2.47. The Balaban J connectivity index is 1.10. The molecule has 6 heterocycles. The van der Waals surface area contributed by atoms with Gasteiger partial charge >= 0.3 is 11.9 Å². The molecule has 0 aliphatic carbocycles. The molecule has 7 rings (SSSR count). The zero-order valence-corrected chi connectivity index (χ0v) is 22.5. The van der Waals surface area contributed by atoms with E-state index < -0.39 is 30.3 Å². The summed E-state index contributed by atoms with van der Waals surface area (Å²) in [5.41, 5.74) is 1.57. The summed E-state index contributed by atoms with van der Waals surface area (Å²) in [6.07, 6.45) is 4.02. The average Bonchev–Trinajstić information content (AvgIpc) is 2.93. The van der Waals surface area contributed by atoms with E-state index in [-0.39, 0.29) is 24.7 Å². The standard InChI is InChI=1S/C29H42N4O6/c34-25(30-24(28(36)37)15-22-16-32-9-5-20(22)6-10-32)13-18-1-3-19(4-2-18)14-26(35)31-27(29(38)39)23-17-33-11-7-21(23)8-12-33/h1-4,20-24,26-27,31,35H,5-17H2,(H,30,34)(H,36,37)(H,38,39)/t22-,23-,24?,26?,27?/m0/s1. The fourth-order valence-electron chi connectivity index (χ4n) is 7.36. The summed E-state index contributed by atoms with van der Waals surface area (Å²) in [6, 6.07) is 5.56. The van der Waals surface area contributed by atoms with Crippen LogP contribution in [0.2, 0.25) is 0 Å². The van der Waals surface area contributed by atoms with E-state index in [1.165, 1.54) is 0 Å². The Morgan fingerprint density at radius 1 is 0.846 bits per heavy atom. The maximum atomic E-state index is 12.7. The van der Waals surface area contributed by atoms with E-state index in [9.17, 15) is 29.7 Å². The zero-order chi connectivity index (χ0) is 27.5. The van der Waals surface area contributed by atoms with Gasteiger partial charge in [0.05, 0.1) is 6.42 Å². The molecule has 10 nitrogen and oxygen atoms in total. The van der Waals surface area contributed by atoms with Gasteiger partial charge in [-0.05, 0) is 87.2 Å². The van der Waals surface area contributed by atoms with E-state index in [4.69, 9.17) is 0 Å². The summed E-state index contributed by atoms with van der Waals surface area (Å²) >= 11 is 0. The van der Waals surface area contributed by atoms with Crippen LogP contribution in [0.5, 0.6) is 0 Å². The fraction of sp³-hybridized carbons (Fsp3) is 0.690. The van der Waals surface area contributed by atoms with Crippen LogP contribution >= 0.6 is 0 Å². The summed E-state index contributed by atoms with van der Waals surface area (Å²) in [7, 11) is 0. The van der Waals surface area contributed by atoms with Crippen molar-refractivity contribution in [3.63, 3.8) is 0 Å². The number of hydrogen-bond donors (Lipinski definition) is 5. The predicted octanol–water partition coefficient (Wildman–Crippen LogP) is 0.776. The van der Waals surface area contributed by atoms with E-state index in [0.29, 0.717) is 24.2 Å². The van der Waals surface area contributed by atoms with Crippen molar-refractivity contribution in [2.45, 2.75) is 63.3 Å². The lowest BCUT2D eigenvalue weighted by molar-refractivity contribution is -0.145. The van der Waals surface area contributed by atoms with E-state index in [1.54, 1.807) is 12.1 Å². The molecule has 6 saturated heterocycles. The van der Waals surface area contributed by atoms with Crippen LogP contribution < -0.4 is 10.6 Å². The van der Waals surface area contributed by atoms with Crippen LogP contribution in [0.3, 0.4) is 0 Å². The Kier molecular flexibility index (Phi) is 8.86. The molecule has 1 aromatic carbocycles. The highest BCUT2D eigenvalue weighted by Gasteiger charge is 2.42. The Labute approximate surface area is 229 Å². The van der Waals surface area contributed by atoms with Gasteiger partial charge in [0.25, 0.3) is 0 Å². The minimum Gasteiger partial charge on any atom is -0.480 e. The first-order valence-electron chi connectivity index (χ1n) is 14.5. The third-order valence-electron chi connectivity index (χ3n) is 9.55. The minimum atomic E-state index is -1.00. The van der Waals surface area contributed by atoms with Crippen LogP contribution in [0.4, 0.5) is 0 Å². The van der Waals surface area contributed by atoms with Gasteiger partial charge in [0.1, 0.15) is 18.3 Å². The van der Waals surface area contributed by atoms with E-state index >= 15 is 0 Å². The van der Waals surface area contributed by atoms with Crippen LogP contribution in [0, 0.1) is 23.7 Å². The van der Waals surface area contributed by atoms with Crippen molar-refractivity contribution < 1.29 is 29.7 Å². The number of aliphatic hydroxyl groups excluding tert-OH is 1. The number of aliphatic carboxylic acids is 2. The van der Waals surface area contributed by atoms with Gasteiger partial charge in [-0.25, -0.2) is 4.79 Å². The number of hydrogen-bond acceptors (Lipinski definition) is 7. The molecule has 0 aromatic heterocycles. The normalized spacial score (nSPS) is 31.8. The summed E-state index contributed by atoms with van der Waals surface area (Å²) in [5, 5.41) is 35.9. The molecular formula is C29H42N4O6. The largest absolute Gasteiger partial charge is 0.480 e. The van der Waals surface area contributed by atoms with Gasteiger partial charge in [0.15, 0.2) is 0 Å². The second-order valence-corrected chi connectivity index (χ2v) is 12.1. The Morgan fingerprint density at radius 2 is 1.44 bits per heavy atom. The number of nitrogens with one attached hydrogen (secondary N) is 2. The summed E-state index contributed by atoms with van der Waals surface area (Å²) < 4.78 is 0. The van der Waals surface area contributed by atoms with Crippen molar-refractivity contribution in [3.05, 3.63) is 35.4 Å². The van der Waals surface area contributed by atoms with Crippen LogP contribution in [0.1, 0.15) is 43.2 Å². The molecule has 0 saturated carbocycles. The fourth-order valence-corrected chi connectivity index (χ4v) is 7.36. The summed E-state index contributed by atoms with van der Waals surface area (Å²) in [4.78, 5) is 41.3. The number of fused-ring (bicyclic) bond motifs is 6. The highest BCUT2D eigenvalue weighted by atomic mass is 16.4. The van der Waals surface area contributed by atoms with Gasteiger partial charge < -0.3 is 30.4 Å². The maximum Gasteiger partial charge on any atom is 0.326 e. The second-order valence-electron chi connectivity index (χ2n) is 12.1. The van der Waals surface area contributed by atoms with Gasteiger partial charge in [-0.3, -0.25) is 14.9 Å². The van der Waals surface area contributed by atoms with E-state index in [2.05, 4.69) is 20.4 Å². The van der Waals surface area contributed by atoms with Gasteiger partial charge in [0.2, 0.25) is 5.91 Å². The third kappa shape index (κ3) is 6.98. The number of carboxylic acids is 2. The molecular weight excluding hydrogens is 500 g/mol. The highest BCUT2D eigenvalue weighted by molar-refractivity contribution is 5.84. The smallest absolute Gasteiger partial charge is 0.326 e. The number of benzene rings is 1. The van der Waals surface area contributed by atoms with Gasteiger partial charge in [-0.2, -0.15) is 0 Å². The second kappa shape index (κ2) is 12.3. The molecule has 5 N–H and O–H groups in total. The molecule has 10 heteroatoms.